The van der Waals surface area contributed by atoms with Crippen LogP contribution in [0.3, 0.4) is 0 Å². The maximum atomic E-state index is 10.6. The van der Waals surface area contributed by atoms with Crippen LogP contribution in [0.5, 0.6) is 0 Å². The van der Waals surface area contributed by atoms with E-state index in [2.05, 4.69) is 0 Å². The van der Waals surface area contributed by atoms with Crippen LogP contribution < -0.4 is 0 Å². The average molecular weight is 238 g/mol. The van der Waals surface area contributed by atoms with Gasteiger partial charge >= 0.3 is 11.9 Å². The molecule has 1 aliphatic rings. The first-order valence-electron chi connectivity index (χ1n) is 5.63. The molecule has 0 radical (unpaired) electrons. The van der Waals surface area contributed by atoms with Gasteiger partial charge in [-0.25, -0.2) is 9.59 Å². The summed E-state index contributed by atoms with van der Waals surface area (Å²) in [7, 11) is 0. The van der Waals surface area contributed by atoms with Gasteiger partial charge in [-0.3, -0.25) is 0 Å². The van der Waals surface area contributed by atoms with E-state index in [4.69, 9.17) is 10.2 Å². The van der Waals surface area contributed by atoms with E-state index in [1.54, 1.807) is 12.2 Å². The number of carboxylic acids is 2. The molecule has 0 spiro atoms. The third-order valence-corrected chi connectivity index (χ3v) is 3.88. The predicted molar refractivity (Wildman–Crippen MR) is 63.6 cm³/mol. The Bertz CT molecular complexity index is 347. The Kier molecular flexibility index (Phi) is 3.76. The predicted octanol–water partition coefficient (Wildman–Crippen LogP) is 2.46. The third kappa shape index (κ3) is 2.96. The minimum absolute atomic E-state index is 0.294. The zero-order chi connectivity index (χ0) is 13.1. The molecule has 0 heterocycles. The van der Waals surface area contributed by atoms with Crippen LogP contribution in [0.1, 0.15) is 33.1 Å². The van der Waals surface area contributed by atoms with Gasteiger partial charge in [-0.1, -0.05) is 32.4 Å². The van der Waals surface area contributed by atoms with Gasteiger partial charge in [0.05, 0.1) is 0 Å². The highest BCUT2D eigenvalue weighted by molar-refractivity contribution is 5.80. The molecule has 0 aliphatic heterocycles. The lowest BCUT2D eigenvalue weighted by atomic mass is 9.67. The van der Waals surface area contributed by atoms with E-state index in [0.717, 1.165) is 31.4 Å². The van der Waals surface area contributed by atoms with Crippen LogP contribution >= 0.6 is 0 Å². The summed E-state index contributed by atoms with van der Waals surface area (Å²) in [5.74, 6) is -1.94. The fourth-order valence-corrected chi connectivity index (χ4v) is 2.45. The molecule has 17 heavy (non-hydrogen) atoms. The van der Waals surface area contributed by atoms with Crippen molar-refractivity contribution in [3.8, 4) is 0 Å². The van der Waals surface area contributed by atoms with Crippen molar-refractivity contribution >= 4 is 11.9 Å². The van der Waals surface area contributed by atoms with Gasteiger partial charge in [0.2, 0.25) is 0 Å². The number of rotatable bonds is 4. The largest absolute Gasteiger partial charge is 0.478 e. The second kappa shape index (κ2) is 4.73. The van der Waals surface area contributed by atoms with E-state index < -0.39 is 11.9 Å². The van der Waals surface area contributed by atoms with Crippen molar-refractivity contribution in [2.24, 2.45) is 10.8 Å². The van der Waals surface area contributed by atoms with Gasteiger partial charge in [-0.2, -0.15) is 0 Å². The highest BCUT2D eigenvalue weighted by Gasteiger charge is 2.45. The Morgan fingerprint density at radius 1 is 0.941 bits per heavy atom. The fraction of sp³-hybridized carbons (Fsp3) is 0.538. The Balaban J connectivity index is 2.97. The Hall–Kier alpha value is -1.58. The van der Waals surface area contributed by atoms with Crippen LogP contribution in [0.25, 0.3) is 0 Å². The molecule has 1 fully saturated rings. The average Bonchev–Trinajstić information content (AvgIpc) is 2.51. The molecule has 2 atom stereocenters. The summed E-state index contributed by atoms with van der Waals surface area (Å²) in [6.07, 6.45) is 8.40. The summed E-state index contributed by atoms with van der Waals surface area (Å²) in [4.78, 5) is 21.2. The normalized spacial score (nSPS) is 33.5. The highest BCUT2D eigenvalue weighted by atomic mass is 16.4. The standard InChI is InChI=1S/C13H18O4/c1-12(8-4-10(14)15)6-3-7-13(12,2)9-5-11(16)17/h4-5,8-9H,3,6-7H2,1-2H3,(H,14,15)(H,16,17)/b8-4+,9-5+/t12-,13-/m1/s1. The fourth-order valence-electron chi connectivity index (χ4n) is 2.45. The van der Waals surface area contributed by atoms with Crippen molar-refractivity contribution in [2.75, 3.05) is 0 Å². The number of hydrogen-bond acceptors (Lipinski definition) is 2. The number of hydrogen-bond donors (Lipinski definition) is 2. The molecule has 0 bridgehead atoms. The molecule has 0 amide bonds. The Morgan fingerprint density at radius 2 is 1.29 bits per heavy atom. The lowest BCUT2D eigenvalue weighted by Crippen LogP contribution is -2.29. The van der Waals surface area contributed by atoms with E-state index in [0.29, 0.717) is 0 Å². The summed E-state index contributed by atoms with van der Waals surface area (Å²) in [5, 5.41) is 17.4. The van der Waals surface area contributed by atoms with E-state index in [1.165, 1.54) is 0 Å². The molecule has 4 nitrogen and oxygen atoms in total. The van der Waals surface area contributed by atoms with Gasteiger partial charge in [0.1, 0.15) is 0 Å². The summed E-state index contributed by atoms with van der Waals surface area (Å²) >= 11 is 0. The van der Waals surface area contributed by atoms with Crippen molar-refractivity contribution in [2.45, 2.75) is 33.1 Å². The molecular formula is C13H18O4. The maximum absolute atomic E-state index is 10.6. The lowest BCUT2D eigenvalue weighted by molar-refractivity contribution is -0.132. The van der Waals surface area contributed by atoms with Crippen LogP contribution in [-0.4, -0.2) is 22.2 Å². The van der Waals surface area contributed by atoms with Crippen molar-refractivity contribution in [3.05, 3.63) is 24.3 Å². The quantitative estimate of drug-likeness (QED) is 0.738. The van der Waals surface area contributed by atoms with Crippen LogP contribution in [0.15, 0.2) is 24.3 Å². The molecule has 4 heteroatoms. The van der Waals surface area contributed by atoms with Gasteiger partial charge in [0, 0.05) is 12.2 Å². The number of allylic oxidation sites excluding steroid dienone is 2. The molecule has 0 aromatic carbocycles. The van der Waals surface area contributed by atoms with Crippen molar-refractivity contribution in [1.29, 1.82) is 0 Å². The van der Waals surface area contributed by atoms with Crippen molar-refractivity contribution in [3.63, 3.8) is 0 Å². The first-order chi connectivity index (χ1) is 7.79. The van der Waals surface area contributed by atoms with Gasteiger partial charge < -0.3 is 10.2 Å². The van der Waals surface area contributed by atoms with Crippen LogP contribution in [0.2, 0.25) is 0 Å². The molecule has 1 saturated carbocycles. The van der Waals surface area contributed by atoms with Crippen molar-refractivity contribution in [1.82, 2.24) is 0 Å². The minimum Gasteiger partial charge on any atom is -0.478 e. The van der Waals surface area contributed by atoms with Crippen LogP contribution in [0, 0.1) is 10.8 Å². The topological polar surface area (TPSA) is 74.6 Å². The Morgan fingerprint density at radius 3 is 1.59 bits per heavy atom. The molecule has 0 unspecified atom stereocenters. The molecule has 0 saturated heterocycles. The maximum Gasteiger partial charge on any atom is 0.327 e. The third-order valence-electron chi connectivity index (χ3n) is 3.88. The van der Waals surface area contributed by atoms with Crippen LogP contribution in [0.4, 0.5) is 0 Å². The summed E-state index contributed by atoms with van der Waals surface area (Å²) in [5.41, 5.74) is -0.589. The molecule has 94 valence electrons. The monoisotopic (exact) mass is 238 g/mol. The number of carbonyl (C=O) groups is 2. The SMILES string of the molecule is C[C@]1(/C=C/C(=O)O)CCC[C@]1(C)/C=C/C(=O)O. The summed E-state index contributed by atoms with van der Waals surface area (Å²) in [6.45, 7) is 3.96. The second-order valence-corrected chi connectivity index (χ2v) is 5.03. The van der Waals surface area contributed by atoms with Gasteiger partial charge in [0.25, 0.3) is 0 Å². The number of carboxylic acid groups (broad SMARTS) is 2. The van der Waals surface area contributed by atoms with Crippen molar-refractivity contribution < 1.29 is 19.8 Å². The molecule has 2 N–H and O–H groups in total. The van der Waals surface area contributed by atoms with Gasteiger partial charge in [0.15, 0.2) is 0 Å². The summed E-state index contributed by atoms with van der Waals surface area (Å²) < 4.78 is 0. The lowest BCUT2D eigenvalue weighted by Gasteiger charge is -2.36. The highest BCUT2D eigenvalue weighted by Crippen LogP contribution is 2.54. The number of aliphatic carboxylic acids is 2. The molecule has 1 rings (SSSR count). The summed E-state index contributed by atoms with van der Waals surface area (Å²) in [6, 6.07) is 0. The van der Waals surface area contributed by atoms with E-state index in [9.17, 15) is 9.59 Å². The Labute approximate surface area is 101 Å². The van der Waals surface area contributed by atoms with E-state index >= 15 is 0 Å². The molecule has 0 aromatic heterocycles. The van der Waals surface area contributed by atoms with Gasteiger partial charge in [-0.15, -0.1) is 0 Å². The smallest absolute Gasteiger partial charge is 0.327 e. The second-order valence-electron chi connectivity index (χ2n) is 5.03. The first kappa shape index (κ1) is 13.5. The van der Waals surface area contributed by atoms with E-state index in [-0.39, 0.29) is 10.8 Å². The van der Waals surface area contributed by atoms with Gasteiger partial charge in [-0.05, 0) is 23.7 Å². The molecular weight excluding hydrogens is 220 g/mol. The zero-order valence-corrected chi connectivity index (χ0v) is 10.1. The molecule has 1 aliphatic carbocycles. The zero-order valence-electron chi connectivity index (χ0n) is 10.1. The first-order valence-corrected chi connectivity index (χ1v) is 5.63. The van der Waals surface area contributed by atoms with E-state index in [1.807, 2.05) is 13.8 Å². The van der Waals surface area contributed by atoms with Crippen LogP contribution in [-0.2, 0) is 9.59 Å². The molecule has 0 aromatic rings. The minimum atomic E-state index is -0.970.